The molecule has 6 nitrogen and oxygen atoms in total. The van der Waals surface area contributed by atoms with Gasteiger partial charge < -0.3 is 5.32 Å². The molecule has 3 aromatic rings. The zero-order valence-electron chi connectivity index (χ0n) is 12.4. The largest absolute Gasteiger partial charge is 0.433 e. The summed E-state index contributed by atoms with van der Waals surface area (Å²) in [6.45, 7) is 1.65. The predicted molar refractivity (Wildman–Crippen MR) is 78.1 cm³/mol. The number of aromatic nitrogens is 4. The van der Waals surface area contributed by atoms with Gasteiger partial charge in [-0.3, -0.25) is 14.2 Å². The van der Waals surface area contributed by atoms with Gasteiger partial charge >= 0.3 is 6.18 Å². The van der Waals surface area contributed by atoms with E-state index in [1.807, 2.05) is 0 Å². The summed E-state index contributed by atoms with van der Waals surface area (Å²) in [4.78, 5) is 23.7. The van der Waals surface area contributed by atoms with Crippen LogP contribution >= 0.6 is 0 Å². The van der Waals surface area contributed by atoms with E-state index < -0.39 is 23.8 Å². The molecule has 9 heteroatoms. The number of rotatable bonds is 3. The van der Waals surface area contributed by atoms with Gasteiger partial charge in [0.05, 0.1) is 6.04 Å². The molecule has 1 amide bonds. The molecule has 124 valence electrons. The van der Waals surface area contributed by atoms with Crippen LogP contribution in [0.2, 0.25) is 0 Å². The van der Waals surface area contributed by atoms with Crippen molar-refractivity contribution in [2.24, 2.45) is 0 Å². The first-order chi connectivity index (χ1) is 11.3. The number of imidazole rings is 1. The van der Waals surface area contributed by atoms with Gasteiger partial charge in [-0.15, -0.1) is 0 Å². The standard InChI is InChI=1S/C15H12F3N5O/c1-9(10-2-3-12(20-8-10)15(16,17)18)21-13(24)11-4-6-23-7-5-19-14(23)22-11/h2-9H,1H3,(H,21,24)/t9-/m1/s1. The van der Waals surface area contributed by atoms with Crippen LogP contribution < -0.4 is 5.32 Å². The van der Waals surface area contributed by atoms with Gasteiger partial charge in [-0.2, -0.15) is 13.2 Å². The van der Waals surface area contributed by atoms with Crippen LogP contribution in [-0.2, 0) is 6.18 Å². The molecule has 0 radical (unpaired) electrons. The lowest BCUT2D eigenvalue weighted by Crippen LogP contribution is -2.27. The summed E-state index contributed by atoms with van der Waals surface area (Å²) in [7, 11) is 0. The zero-order chi connectivity index (χ0) is 17.3. The Bertz CT molecular complexity index is 873. The number of carbonyl (C=O) groups is 1. The summed E-state index contributed by atoms with van der Waals surface area (Å²) < 4.78 is 39.2. The fraction of sp³-hybridized carbons (Fsp3) is 0.200. The Morgan fingerprint density at radius 1 is 1.21 bits per heavy atom. The van der Waals surface area contributed by atoms with E-state index in [0.29, 0.717) is 11.3 Å². The number of nitrogens with zero attached hydrogens (tertiary/aromatic N) is 4. The highest BCUT2D eigenvalue weighted by molar-refractivity contribution is 5.92. The van der Waals surface area contributed by atoms with Crippen LogP contribution in [0, 0.1) is 0 Å². The van der Waals surface area contributed by atoms with Gasteiger partial charge in [-0.05, 0) is 24.6 Å². The lowest BCUT2D eigenvalue weighted by molar-refractivity contribution is -0.141. The summed E-state index contributed by atoms with van der Waals surface area (Å²) in [6, 6.07) is 3.17. The lowest BCUT2D eigenvalue weighted by atomic mass is 10.1. The molecule has 0 spiro atoms. The number of carbonyl (C=O) groups excluding carboxylic acids is 1. The minimum Gasteiger partial charge on any atom is -0.344 e. The van der Waals surface area contributed by atoms with Gasteiger partial charge in [0, 0.05) is 24.8 Å². The lowest BCUT2D eigenvalue weighted by Gasteiger charge is -2.14. The molecular weight excluding hydrogens is 323 g/mol. The van der Waals surface area contributed by atoms with Crippen molar-refractivity contribution < 1.29 is 18.0 Å². The van der Waals surface area contributed by atoms with Gasteiger partial charge in [0.1, 0.15) is 11.4 Å². The van der Waals surface area contributed by atoms with Crippen LogP contribution in [0.25, 0.3) is 5.78 Å². The highest BCUT2D eigenvalue weighted by Crippen LogP contribution is 2.27. The van der Waals surface area contributed by atoms with Gasteiger partial charge in [-0.1, -0.05) is 6.07 Å². The Kier molecular flexibility index (Phi) is 3.92. The first-order valence-corrected chi connectivity index (χ1v) is 6.98. The molecule has 24 heavy (non-hydrogen) atoms. The van der Waals surface area contributed by atoms with Gasteiger partial charge in [0.2, 0.25) is 5.78 Å². The molecule has 0 aliphatic rings. The molecule has 3 rings (SSSR count). The van der Waals surface area contributed by atoms with Crippen molar-refractivity contribution in [3.05, 3.63) is 59.9 Å². The summed E-state index contributed by atoms with van der Waals surface area (Å²) in [5.41, 5.74) is -0.352. The highest BCUT2D eigenvalue weighted by atomic mass is 19.4. The predicted octanol–water partition coefficient (Wildman–Crippen LogP) is 2.63. The van der Waals surface area contributed by atoms with Crippen LogP contribution in [0.1, 0.15) is 34.7 Å². The third-order valence-electron chi connectivity index (χ3n) is 3.42. The van der Waals surface area contributed by atoms with Crippen molar-refractivity contribution in [3.63, 3.8) is 0 Å². The van der Waals surface area contributed by atoms with Gasteiger partial charge in [-0.25, -0.2) is 9.97 Å². The Morgan fingerprint density at radius 2 is 2.00 bits per heavy atom. The maximum Gasteiger partial charge on any atom is 0.433 e. The summed E-state index contributed by atoms with van der Waals surface area (Å²) in [5.74, 6) is -0.0700. The Labute approximate surface area is 134 Å². The Morgan fingerprint density at radius 3 is 2.67 bits per heavy atom. The van der Waals surface area contributed by atoms with E-state index in [9.17, 15) is 18.0 Å². The summed E-state index contributed by atoms with van der Waals surface area (Å²) in [6.07, 6.45) is 1.50. The third kappa shape index (κ3) is 3.19. The van der Waals surface area contributed by atoms with E-state index in [2.05, 4.69) is 20.3 Å². The average molecular weight is 335 g/mol. The topological polar surface area (TPSA) is 72.2 Å². The van der Waals surface area contributed by atoms with Crippen LogP contribution in [0.15, 0.2) is 43.0 Å². The monoisotopic (exact) mass is 335 g/mol. The van der Waals surface area contributed by atoms with Crippen molar-refractivity contribution in [1.82, 2.24) is 24.7 Å². The third-order valence-corrected chi connectivity index (χ3v) is 3.42. The van der Waals surface area contributed by atoms with E-state index in [1.165, 1.54) is 12.1 Å². The van der Waals surface area contributed by atoms with Crippen LogP contribution in [0.4, 0.5) is 13.2 Å². The maximum atomic E-state index is 12.5. The second-order valence-electron chi connectivity index (χ2n) is 5.12. The van der Waals surface area contributed by atoms with Gasteiger partial charge in [0.25, 0.3) is 5.91 Å². The van der Waals surface area contributed by atoms with Crippen molar-refractivity contribution in [2.45, 2.75) is 19.1 Å². The Balaban J connectivity index is 1.73. The number of pyridine rings is 1. The number of amides is 1. The Hall–Kier alpha value is -2.97. The maximum absolute atomic E-state index is 12.5. The number of nitrogens with one attached hydrogen (secondary N) is 1. The van der Waals surface area contributed by atoms with E-state index in [4.69, 9.17) is 0 Å². The quantitative estimate of drug-likeness (QED) is 0.799. The SMILES string of the molecule is C[C@@H](NC(=O)c1ccn2ccnc2n1)c1ccc(C(F)(F)F)nc1. The number of halogens is 3. The summed E-state index contributed by atoms with van der Waals surface area (Å²) in [5, 5.41) is 2.67. The second-order valence-corrected chi connectivity index (χ2v) is 5.12. The van der Waals surface area contributed by atoms with Crippen molar-refractivity contribution >= 4 is 11.7 Å². The fourth-order valence-electron chi connectivity index (χ4n) is 2.11. The molecule has 0 aliphatic carbocycles. The highest BCUT2D eigenvalue weighted by Gasteiger charge is 2.32. The minimum absolute atomic E-state index is 0.167. The number of alkyl halides is 3. The van der Waals surface area contributed by atoms with Crippen molar-refractivity contribution in [3.8, 4) is 0 Å². The van der Waals surface area contributed by atoms with E-state index in [1.54, 1.807) is 29.9 Å². The van der Waals surface area contributed by atoms with E-state index >= 15 is 0 Å². The van der Waals surface area contributed by atoms with Crippen LogP contribution in [-0.4, -0.2) is 25.3 Å². The van der Waals surface area contributed by atoms with Crippen LogP contribution in [0.5, 0.6) is 0 Å². The molecule has 0 saturated carbocycles. The molecule has 0 bridgehead atoms. The minimum atomic E-state index is -4.49. The second kappa shape index (κ2) is 5.91. The first kappa shape index (κ1) is 15.9. The first-order valence-electron chi connectivity index (χ1n) is 6.98. The van der Waals surface area contributed by atoms with Crippen molar-refractivity contribution in [2.75, 3.05) is 0 Å². The van der Waals surface area contributed by atoms with E-state index in [0.717, 1.165) is 12.3 Å². The molecule has 0 aliphatic heterocycles. The van der Waals surface area contributed by atoms with Crippen molar-refractivity contribution in [1.29, 1.82) is 0 Å². The molecule has 0 saturated heterocycles. The molecule has 0 fully saturated rings. The molecule has 1 N–H and O–H groups in total. The number of hydrogen-bond donors (Lipinski definition) is 1. The molecular formula is C15H12F3N5O. The number of hydrogen-bond acceptors (Lipinski definition) is 4. The van der Waals surface area contributed by atoms with Crippen LogP contribution in [0.3, 0.4) is 0 Å². The van der Waals surface area contributed by atoms with E-state index in [-0.39, 0.29) is 5.69 Å². The molecule has 3 aromatic heterocycles. The molecule has 0 aromatic carbocycles. The molecule has 0 unspecified atom stereocenters. The fourth-order valence-corrected chi connectivity index (χ4v) is 2.11. The smallest absolute Gasteiger partial charge is 0.344 e. The molecule has 1 atom stereocenters. The zero-order valence-corrected chi connectivity index (χ0v) is 12.4. The average Bonchev–Trinajstić information content (AvgIpc) is 3.01. The summed E-state index contributed by atoms with van der Waals surface area (Å²) >= 11 is 0. The van der Waals surface area contributed by atoms with Gasteiger partial charge in [0.15, 0.2) is 0 Å². The normalized spacial score (nSPS) is 13.0. The number of fused-ring (bicyclic) bond motifs is 1. The molecule has 3 heterocycles.